The molecular formula is C21H30N4O6P+. The van der Waals surface area contributed by atoms with Gasteiger partial charge in [-0.15, -0.1) is 5.10 Å². The Bertz CT molecular complexity index is 1020. The number of fused-ring (bicyclic) bond motifs is 1. The summed E-state index contributed by atoms with van der Waals surface area (Å²) in [6.45, 7) is 0.712. The van der Waals surface area contributed by atoms with Crippen molar-refractivity contribution in [3.05, 3.63) is 54.6 Å². The van der Waals surface area contributed by atoms with Gasteiger partial charge in [0.1, 0.15) is 37.3 Å². The third kappa shape index (κ3) is 7.98. The lowest BCUT2D eigenvalue weighted by atomic mass is 10.3. The van der Waals surface area contributed by atoms with Crippen LogP contribution in [0.1, 0.15) is 0 Å². The van der Waals surface area contributed by atoms with Crippen LogP contribution < -0.4 is 4.74 Å². The van der Waals surface area contributed by atoms with Crippen molar-refractivity contribution in [2.24, 2.45) is 0 Å². The SMILES string of the molecule is C[N+](C)(C)CCOP(=O)(O)OCC(COCn1nnc2ccccc21)Oc1ccccc1. The Kier molecular flexibility index (Phi) is 8.36. The van der Waals surface area contributed by atoms with Crippen molar-refractivity contribution in [3.8, 4) is 5.75 Å². The second-order valence-corrected chi connectivity index (χ2v) is 9.70. The zero-order valence-electron chi connectivity index (χ0n) is 18.5. The van der Waals surface area contributed by atoms with E-state index in [-0.39, 0.29) is 26.6 Å². The third-order valence-corrected chi connectivity index (χ3v) is 5.41. The monoisotopic (exact) mass is 465 g/mol. The molecule has 0 fully saturated rings. The molecule has 0 aliphatic rings. The van der Waals surface area contributed by atoms with Crippen molar-refractivity contribution in [2.75, 3.05) is 47.5 Å². The average molecular weight is 465 g/mol. The molecule has 0 spiro atoms. The number of phosphoric ester groups is 1. The molecule has 10 nitrogen and oxygen atoms in total. The molecule has 0 aliphatic heterocycles. The predicted molar refractivity (Wildman–Crippen MR) is 119 cm³/mol. The molecule has 2 atom stereocenters. The number of nitrogens with zero attached hydrogens (tertiary/aromatic N) is 4. The van der Waals surface area contributed by atoms with Gasteiger partial charge in [0.05, 0.1) is 39.9 Å². The van der Waals surface area contributed by atoms with Crippen LogP contribution in [0, 0.1) is 0 Å². The number of benzene rings is 2. The van der Waals surface area contributed by atoms with Crippen LogP contribution in [0.3, 0.4) is 0 Å². The second kappa shape index (κ2) is 11.0. The molecule has 1 N–H and O–H groups in total. The van der Waals surface area contributed by atoms with Crippen molar-refractivity contribution in [1.82, 2.24) is 15.0 Å². The molecule has 0 saturated heterocycles. The number of ether oxygens (including phenoxy) is 2. The standard InChI is InChI=1S/C21H29N4O6P/c1-25(2,3)13-14-29-32(26,27)30-16-19(31-18-9-5-4-6-10-18)15-28-17-24-21-12-8-7-11-20(21)22-23-24/h4-12,19H,13-17H2,1-3H3/p+1. The molecule has 0 radical (unpaired) electrons. The van der Waals surface area contributed by atoms with E-state index in [0.29, 0.717) is 16.8 Å². The fourth-order valence-electron chi connectivity index (χ4n) is 2.74. The van der Waals surface area contributed by atoms with E-state index >= 15 is 0 Å². The van der Waals surface area contributed by atoms with Gasteiger partial charge >= 0.3 is 7.82 Å². The molecule has 0 bridgehead atoms. The van der Waals surface area contributed by atoms with Crippen molar-refractivity contribution in [1.29, 1.82) is 0 Å². The Morgan fingerprint density at radius 2 is 1.75 bits per heavy atom. The molecule has 11 heteroatoms. The van der Waals surface area contributed by atoms with Crippen LogP contribution >= 0.6 is 7.82 Å². The highest BCUT2D eigenvalue weighted by Gasteiger charge is 2.25. The number of hydrogen-bond donors (Lipinski definition) is 1. The van der Waals surface area contributed by atoms with Crippen LogP contribution in [0.5, 0.6) is 5.75 Å². The van der Waals surface area contributed by atoms with Gasteiger partial charge in [-0.25, -0.2) is 9.25 Å². The highest BCUT2D eigenvalue weighted by molar-refractivity contribution is 7.47. The van der Waals surface area contributed by atoms with Gasteiger partial charge in [0, 0.05) is 0 Å². The van der Waals surface area contributed by atoms with Crippen molar-refractivity contribution < 1.29 is 32.5 Å². The van der Waals surface area contributed by atoms with E-state index in [1.54, 1.807) is 16.8 Å². The summed E-state index contributed by atoms with van der Waals surface area (Å²) < 4.78 is 36.4. The van der Waals surface area contributed by atoms with E-state index in [1.165, 1.54) is 0 Å². The highest BCUT2D eigenvalue weighted by Crippen LogP contribution is 2.43. The molecule has 3 rings (SSSR count). The maximum absolute atomic E-state index is 12.2. The minimum absolute atomic E-state index is 0.0946. The molecule has 32 heavy (non-hydrogen) atoms. The first-order valence-corrected chi connectivity index (χ1v) is 11.7. The number of rotatable bonds is 13. The van der Waals surface area contributed by atoms with Crippen LogP contribution in [0.25, 0.3) is 11.0 Å². The van der Waals surface area contributed by atoms with Crippen molar-refractivity contribution >= 4 is 18.9 Å². The minimum Gasteiger partial charge on any atom is -0.486 e. The van der Waals surface area contributed by atoms with E-state index in [1.807, 2.05) is 63.6 Å². The largest absolute Gasteiger partial charge is 0.486 e. The molecule has 0 amide bonds. The molecule has 174 valence electrons. The lowest BCUT2D eigenvalue weighted by molar-refractivity contribution is -0.870. The molecule has 2 aromatic carbocycles. The van der Waals surface area contributed by atoms with Crippen molar-refractivity contribution in [3.63, 3.8) is 0 Å². The maximum Gasteiger partial charge on any atom is 0.472 e. The fourth-order valence-corrected chi connectivity index (χ4v) is 3.48. The molecule has 1 aromatic heterocycles. The van der Waals surface area contributed by atoms with Crippen LogP contribution in [0.4, 0.5) is 0 Å². The zero-order chi connectivity index (χ0) is 23.0. The van der Waals surface area contributed by atoms with E-state index in [4.69, 9.17) is 18.5 Å². The lowest BCUT2D eigenvalue weighted by Crippen LogP contribution is -2.37. The molecule has 2 unspecified atom stereocenters. The van der Waals surface area contributed by atoms with Gasteiger partial charge in [0.25, 0.3) is 0 Å². The van der Waals surface area contributed by atoms with E-state index in [2.05, 4.69) is 10.3 Å². The van der Waals surface area contributed by atoms with Crippen LogP contribution in [-0.2, 0) is 25.1 Å². The number of hydrogen-bond acceptors (Lipinski definition) is 7. The van der Waals surface area contributed by atoms with Crippen molar-refractivity contribution in [2.45, 2.75) is 12.8 Å². The van der Waals surface area contributed by atoms with Gasteiger partial charge in [0.15, 0.2) is 0 Å². The number of quaternary nitrogens is 1. The Morgan fingerprint density at radius 1 is 1.03 bits per heavy atom. The summed E-state index contributed by atoms with van der Waals surface area (Å²) in [4.78, 5) is 10.0. The predicted octanol–water partition coefficient (Wildman–Crippen LogP) is 2.69. The summed E-state index contributed by atoms with van der Waals surface area (Å²) in [7, 11) is 1.67. The van der Waals surface area contributed by atoms with Gasteiger partial charge < -0.3 is 18.9 Å². The first kappa shape index (κ1) is 24.3. The summed E-state index contributed by atoms with van der Waals surface area (Å²) >= 11 is 0. The quantitative estimate of drug-likeness (QED) is 0.304. The third-order valence-electron chi connectivity index (χ3n) is 4.42. The molecule has 0 saturated carbocycles. The Labute approximate surface area is 187 Å². The van der Waals surface area contributed by atoms with E-state index in [9.17, 15) is 9.46 Å². The molecule has 3 aromatic rings. The molecule has 0 aliphatic carbocycles. The number of phosphoric acid groups is 1. The van der Waals surface area contributed by atoms with Gasteiger partial charge in [-0.2, -0.15) is 0 Å². The van der Waals surface area contributed by atoms with Crippen LogP contribution in [0.15, 0.2) is 54.6 Å². The fraction of sp³-hybridized carbons (Fsp3) is 0.429. The normalized spacial score (nSPS) is 14.9. The van der Waals surface area contributed by atoms with Crippen LogP contribution in [-0.4, -0.2) is 78.0 Å². The zero-order valence-corrected chi connectivity index (χ0v) is 19.4. The minimum atomic E-state index is -4.22. The smallest absolute Gasteiger partial charge is 0.472 e. The first-order chi connectivity index (χ1) is 15.2. The highest BCUT2D eigenvalue weighted by atomic mass is 31.2. The maximum atomic E-state index is 12.2. The molecular weight excluding hydrogens is 435 g/mol. The van der Waals surface area contributed by atoms with E-state index in [0.717, 1.165) is 11.0 Å². The summed E-state index contributed by atoms with van der Waals surface area (Å²) in [5.74, 6) is 0.592. The summed E-state index contributed by atoms with van der Waals surface area (Å²) in [6.07, 6.45) is -0.644. The number of likely N-dealkylation sites (N-methyl/N-ethyl adjacent to an activating group) is 1. The van der Waals surface area contributed by atoms with E-state index < -0.39 is 13.9 Å². The van der Waals surface area contributed by atoms with Crippen LogP contribution in [0.2, 0.25) is 0 Å². The summed E-state index contributed by atoms with van der Waals surface area (Å²) in [5, 5.41) is 8.17. The number of para-hydroxylation sites is 2. The van der Waals surface area contributed by atoms with Gasteiger partial charge in [-0.05, 0) is 24.3 Å². The summed E-state index contributed by atoms with van der Waals surface area (Å²) in [5.41, 5.74) is 1.61. The van der Waals surface area contributed by atoms with Gasteiger partial charge in [-0.1, -0.05) is 35.5 Å². The number of aromatic nitrogens is 3. The van der Waals surface area contributed by atoms with Gasteiger partial charge in [0.2, 0.25) is 0 Å². The Balaban J connectivity index is 1.56. The molecule has 1 heterocycles. The Morgan fingerprint density at radius 3 is 2.50 bits per heavy atom. The second-order valence-electron chi connectivity index (χ2n) is 8.24. The lowest BCUT2D eigenvalue weighted by Gasteiger charge is -2.24. The summed E-state index contributed by atoms with van der Waals surface area (Å²) in [6, 6.07) is 16.7. The average Bonchev–Trinajstić information content (AvgIpc) is 3.15. The Hall–Kier alpha value is -2.33. The first-order valence-electron chi connectivity index (χ1n) is 10.2. The van der Waals surface area contributed by atoms with Gasteiger partial charge in [-0.3, -0.25) is 9.05 Å². The topological polar surface area (TPSA) is 105 Å².